The maximum absolute atomic E-state index is 12.9. The summed E-state index contributed by atoms with van der Waals surface area (Å²) in [5.74, 6) is 0.808. The summed E-state index contributed by atoms with van der Waals surface area (Å²) in [7, 11) is 3.27. The van der Waals surface area contributed by atoms with E-state index in [1.54, 1.807) is 19.1 Å². The van der Waals surface area contributed by atoms with Crippen molar-refractivity contribution in [1.82, 2.24) is 4.98 Å². The molecule has 0 aliphatic heterocycles. The fourth-order valence-electron chi connectivity index (χ4n) is 2.66. The van der Waals surface area contributed by atoms with Crippen LogP contribution in [0.15, 0.2) is 60.0 Å². The number of carbonyl (C=O) groups is 1. The van der Waals surface area contributed by atoms with Gasteiger partial charge in [-0.2, -0.15) is 0 Å². The van der Waals surface area contributed by atoms with Gasteiger partial charge in [-0.05, 0) is 29.8 Å². The topological polar surface area (TPSA) is 51.7 Å². The average molecular weight is 382 g/mol. The summed E-state index contributed by atoms with van der Waals surface area (Å²) in [6.07, 6.45) is 0.335. The minimum absolute atomic E-state index is 0.00822. The van der Waals surface area contributed by atoms with E-state index in [0.717, 1.165) is 22.6 Å². The molecule has 1 aromatic heterocycles. The Morgan fingerprint density at radius 1 is 1.07 bits per heavy atom. The number of ether oxygens (including phenoxy) is 2. The second-order valence-corrected chi connectivity index (χ2v) is 6.78. The maximum Gasteiger partial charge on any atom is 0.233 e. The first kappa shape index (κ1) is 19.1. The standard InChI is InChI=1S/C21H22N2O3S/c1-25-13-12-23(20(24)14-16-6-4-3-5-7-16)21-22-19(15-27-21)17-8-10-18(26-2)11-9-17/h3-11,15H,12-14H2,1-2H3. The highest BCUT2D eigenvalue weighted by Crippen LogP contribution is 2.29. The molecular weight excluding hydrogens is 360 g/mol. The maximum atomic E-state index is 12.9. The van der Waals surface area contributed by atoms with E-state index in [0.29, 0.717) is 24.7 Å². The normalized spacial score (nSPS) is 10.6. The van der Waals surface area contributed by atoms with Crippen LogP contribution >= 0.6 is 11.3 Å². The van der Waals surface area contributed by atoms with E-state index < -0.39 is 0 Å². The summed E-state index contributed by atoms with van der Waals surface area (Å²) in [4.78, 5) is 19.3. The van der Waals surface area contributed by atoms with Gasteiger partial charge in [0.05, 0.1) is 32.4 Å². The average Bonchev–Trinajstić information content (AvgIpc) is 3.19. The van der Waals surface area contributed by atoms with Crippen molar-refractivity contribution < 1.29 is 14.3 Å². The lowest BCUT2D eigenvalue weighted by Gasteiger charge is -2.19. The third-order valence-electron chi connectivity index (χ3n) is 4.13. The molecule has 0 bridgehead atoms. The number of nitrogens with zero attached hydrogens (tertiary/aromatic N) is 2. The lowest BCUT2D eigenvalue weighted by molar-refractivity contribution is -0.118. The summed E-state index contributed by atoms with van der Waals surface area (Å²) < 4.78 is 10.4. The summed E-state index contributed by atoms with van der Waals surface area (Å²) in [5, 5.41) is 2.64. The molecule has 0 atom stereocenters. The van der Waals surface area contributed by atoms with E-state index in [4.69, 9.17) is 9.47 Å². The van der Waals surface area contributed by atoms with Crippen molar-refractivity contribution in [3.05, 3.63) is 65.5 Å². The number of methoxy groups -OCH3 is 2. The first-order valence-electron chi connectivity index (χ1n) is 8.64. The molecule has 3 rings (SSSR count). The Morgan fingerprint density at radius 3 is 2.48 bits per heavy atom. The zero-order valence-electron chi connectivity index (χ0n) is 15.4. The van der Waals surface area contributed by atoms with Crippen molar-refractivity contribution >= 4 is 22.4 Å². The fourth-order valence-corrected chi connectivity index (χ4v) is 3.54. The number of carbonyl (C=O) groups excluding carboxylic acids is 1. The summed E-state index contributed by atoms with van der Waals surface area (Å²) in [5.41, 5.74) is 2.81. The first-order valence-corrected chi connectivity index (χ1v) is 9.52. The number of rotatable bonds is 8. The molecule has 5 nitrogen and oxygen atoms in total. The molecule has 0 fully saturated rings. The highest BCUT2D eigenvalue weighted by molar-refractivity contribution is 7.14. The summed E-state index contributed by atoms with van der Waals surface area (Å²) in [6, 6.07) is 17.5. The van der Waals surface area contributed by atoms with E-state index in [2.05, 4.69) is 4.98 Å². The minimum atomic E-state index is 0.00822. The number of benzene rings is 2. The largest absolute Gasteiger partial charge is 0.497 e. The predicted molar refractivity (Wildman–Crippen MR) is 108 cm³/mol. The van der Waals surface area contributed by atoms with Crippen LogP contribution in [0, 0.1) is 0 Å². The van der Waals surface area contributed by atoms with Crippen LogP contribution in [0.1, 0.15) is 5.56 Å². The van der Waals surface area contributed by atoms with Crippen molar-refractivity contribution in [2.75, 3.05) is 32.3 Å². The number of thiazole rings is 1. The van der Waals surface area contributed by atoms with Crippen molar-refractivity contribution in [1.29, 1.82) is 0 Å². The molecule has 0 saturated heterocycles. The van der Waals surface area contributed by atoms with Crippen LogP contribution in [0.25, 0.3) is 11.3 Å². The Kier molecular flexibility index (Phi) is 6.57. The molecule has 0 aliphatic carbocycles. The molecule has 0 aliphatic rings. The van der Waals surface area contributed by atoms with Gasteiger partial charge >= 0.3 is 0 Å². The zero-order chi connectivity index (χ0) is 19.1. The highest BCUT2D eigenvalue weighted by Gasteiger charge is 2.19. The number of hydrogen-bond acceptors (Lipinski definition) is 5. The quantitative estimate of drug-likeness (QED) is 0.590. The molecule has 1 amide bonds. The first-order chi connectivity index (χ1) is 13.2. The van der Waals surface area contributed by atoms with E-state index in [1.807, 2.05) is 60.0 Å². The van der Waals surface area contributed by atoms with E-state index >= 15 is 0 Å². The van der Waals surface area contributed by atoms with Crippen LogP contribution in [0.4, 0.5) is 5.13 Å². The molecule has 0 spiro atoms. The number of anilines is 1. The Morgan fingerprint density at radius 2 is 1.81 bits per heavy atom. The van der Waals surface area contributed by atoms with Crippen LogP contribution in [-0.4, -0.2) is 38.3 Å². The third-order valence-corrected chi connectivity index (χ3v) is 4.99. The van der Waals surface area contributed by atoms with Gasteiger partial charge < -0.3 is 9.47 Å². The van der Waals surface area contributed by atoms with Gasteiger partial charge in [-0.25, -0.2) is 4.98 Å². The van der Waals surface area contributed by atoms with Crippen molar-refractivity contribution in [3.8, 4) is 17.0 Å². The van der Waals surface area contributed by atoms with Crippen molar-refractivity contribution in [3.63, 3.8) is 0 Å². The monoisotopic (exact) mass is 382 g/mol. The zero-order valence-corrected chi connectivity index (χ0v) is 16.2. The third kappa shape index (κ3) is 4.93. The molecule has 27 heavy (non-hydrogen) atoms. The SMILES string of the molecule is COCCN(C(=O)Cc1ccccc1)c1nc(-c2ccc(OC)cc2)cs1. The minimum Gasteiger partial charge on any atom is -0.497 e. The molecule has 0 saturated carbocycles. The molecule has 6 heteroatoms. The van der Waals surface area contributed by atoms with Gasteiger partial charge in [0.1, 0.15) is 5.75 Å². The lowest BCUT2D eigenvalue weighted by Crippen LogP contribution is -2.35. The fraction of sp³-hybridized carbons (Fsp3) is 0.238. The molecule has 0 radical (unpaired) electrons. The molecule has 0 unspecified atom stereocenters. The number of hydrogen-bond donors (Lipinski definition) is 0. The number of amides is 1. The molecular formula is C21H22N2O3S. The van der Waals surface area contributed by atoms with Gasteiger partial charge in [0.15, 0.2) is 5.13 Å². The molecule has 3 aromatic rings. The molecule has 140 valence electrons. The second-order valence-electron chi connectivity index (χ2n) is 5.94. The van der Waals surface area contributed by atoms with Gasteiger partial charge in [-0.1, -0.05) is 30.3 Å². The second kappa shape index (κ2) is 9.30. The smallest absolute Gasteiger partial charge is 0.233 e. The van der Waals surface area contributed by atoms with Gasteiger partial charge in [-0.3, -0.25) is 9.69 Å². The van der Waals surface area contributed by atoms with Crippen LogP contribution < -0.4 is 9.64 Å². The highest BCUT2D eigenvalue weighted by atomic mass is 32.1. The lowest BCUT2D eigenvalue weighted by atomic mass is 10.1. The summed E-state index contributed by atoms with van der Waals surface area (Å²) in [6.45, 7) is 0.926. The Balaban J connectivity index is 1.80. The van der Waals surface area contributed by atoms with Crippen LogP contribution in [0.3, 0.4) is 0 Å². The van der Waals surface area contributed by atoms with Gasteiger partial charge in [0, 0.05) is 18.1 Å². The van der Waals surface area contributed by atoms with E-state index in [-0.39, 0.29) is 5.91 Å². The van der Waals surface area contributed by atoms with Crippen molar-refractivity contribution in [2.24, 2.45) is 0 Å². The van der Waals surface area contributed by atoms with Gasteiger partial charge in [0.25, 0.3) is 0 Å². The Hall–Kier alpha value is -2.70. The van der Waals surface area contributed by atoms with Gasteiger partial charge in [-0.15, -0.1) is 11.3 Å². The summed E-state index contributed by atoms with van der Waals surface area (Å²) >= 11 is 1.46. The van der Waals surface area contributed by atoms with E-state index in [9.17, 15) is 4.79 Å². The number of aromatic nitrogens is 1. The molecule has 0 N–H and O–H groups in total. The predicted octanol–water partition coefficient (Wildman–Crippen LogP) is 4.04. The van der Waals surface area contributed by atoms with Crippen LogP contribution in [-0.2, 0) is 16.0 Å². The van der Waals surface area contributed by atoms with Crippen LogP contribution in [0.2, 0.25) is 0 Å². The Labute approximate surface area is 163 Å². The van der Waals surface area contributed by atoms with Gasteiger partial charge in [0.2, 0.25) is 5.91 Å². The van der Waals surface area contributed by atoms with Crippen LogP contribution in [0.5, 0.6) is 5.75 Å². The van der Waals surface area contributed by atoms with E-state index in [1.165, 1.54) is 11.3 Å². The molecule has 2 aromatic carbocycles. The Bertz CT molecular complexity index is 863. The van der Waals surface area contributed by atoms with Crippen molar-refractivity contribution in [2.45, 2.75) is 6.42 Å². The molecule has 1 heterocycles.